The van der Waals surface area contributed by atoms with Crippen LogP contribution >= 0.6 is 0 Å². The number of benzene rings is 1. The van der Waals surface area contributed by atoms with Gasteiger partial charge in [-0.05, 0) is 17.7 Å². The summed E-state index contributed by atoms with van der Waals surface area (Å²) >= 11 is 0. The van der Waals surface area contributed by atoms with Crippen LogP contribution in [0.3, 0.4) is 0 Å². The van der Waals surface area contributed by atoms with Crippen LogP contribution in [0.1, 0.15) is 17.5 Å². The van der Waals surface area contributed by atoms with Gasteiger partial charge in [0.1, 0.15) is 12.4 Å². The Morgan fingerprint density at radius 2 is 2.30 bits per heavy atom. The largest absolute Gasteiger partial charge is 0.395 e. The van der Waals surface area contributed by atoms with E-state index in [-0.39, 0.29) is 24.7 Å². The molecule has 4 nitrogen and oxygen atoms in total. The van der Waals surface area contributed by atoms with E-state index in [4.69, 9.17) is 9.84 Å². The van der Waals surface area contributed by atoms with Crippen molar-refractivity contribution >= 4 is 5.91 Å². The van der Waals surface area contributed by atoms with Crippen molar-refractivity contribution < 1.29 is 19.0 Å². The van der Waals surface area contributed by atoms with Crippen molar-refractivity contribution in [1.82, 2.24) is 4.90 Å². The first-order chi connectivity index (χ1) is 9.70. The minimum Gasteiger partial charge on any atom is -0.395 e. The second kappa shape index (κ2) is 7.04. The first-order valence-corrected chi connectivity index (χ1v) is 6.44. The molecule has 1 aliphatic heterocycles. The number of amides is 1. The van der Waals surface area contributed by atoms with Crippen molar-refractivity contribution in [3.63, 3.8) is 0 Å². The number of halogens is 1. The molecule has 0 saturated carbocycles. The zero-order chi connectivity index (χ0) is 14.4. The van der Waals surface area contributed by atoms with Gasteiger partial charge in [0.2, 0.25) is 5.91 Å². The molecule has 1 saturated heterocycles. The average Bonchev–Trinajstić information content (AvgIpc) is 2.45. The van der Waals surface area contributed by atoms with Gasteiger partial charge in [0, 0.05) is 19.5 Å². The van der Waals surface area contributed by atoms with Crippen LogP contribution in [0.2, 0.25) is 0 Å². The molecule has 106 valence electrons. The van der Waals surface area contributed by atoms with E-state index in [1.165, 1.54) is 6.07 Å². The molecule has 20 heavy (non-hydrogen) atoms. The number of carbonyl (C=O) groups excluding carboxylic acids is 1. The van der Waals surface area contributed by atoms with E-state index in [1.807, 2.05) is 0 Å². The molecule has 1 fully saturated rings. The summed E-state index contributed by atoms with van der Waals surface area (Å²) in [6.07, 6.45) is 0.311. The Labute approximate surface area is 117 Å². The molecule has 1 aliphatic rings. The monoisotopic (exact) mass is 277 g/mol. The fraction of sp³-hybridized carbons (Fsp3) is 0.400. The maximum absolute atomic E-state index is 13.6. The van der Waals surface area contributed by atoms with Crippen LogP contribution in [0.15, 0.2) is 18.2 Å². The highest BCUT2D eigenvalue weighted by atomic mass is 19.1. The van der Waals surface area contributed by atoms with Crippen molar-refractivity contribution in [3.8, 4) is 11.8 Å². The highest BCUT2D eigenvalue weighted by Gasteiger charge is 2.18. The predicted molar refractivity (Wildman–Crippen MR) is 71.2 cm³/mol. The number of nitrogens with zero attached hydrogens (tertiary/aromatic N) is 1. The Morgan fingerprint density at radius 3 is 3.05 bits per heavy atom. The number of morpholine rings is 1. The van der Waals surface area contributed by atoms with Gasteiger partial charge in [0.25, 0.3) is 0 Å². The normalized spacial score (nSPS) is 14.9. The Bertz CT molecular complexity index is 548. The fourth-order valence-electron chi connectivity index (χ4n) is 1.92. The van der Waals surface area contributed by atoms with E-state index in [2.05, 4.69) is 11.8 Å². The Kier molecular flexibility index (Phi) is 5.10. The molecule has 1 aromatic rings. The average molecular weight is 277 g/mol. The molecular formula is C15H16FNO3. The summed E-state index contributed by atoms with van der Waals surface area (Å²) in [4.78, 5) is 13.3. The van der Waals surface area contributed by atoms with Crippen molar-refractivity contribution in [1.29, 1.82) is 0 Å². The summed E-state index contributed by atoms with van der Waals surface area (Å²) in [6.45, 7) is 1.55. The number of aliphatic hydroxyl groups is 1. The van der Waals surface area contributed by atoms with E-state index in [0.29, 0.717) is 26.1 Å². The van der Waals surface area contributed by atoms with Gasteiger partial charge in [-0.25, -0.2) is 4.39 Å². The second-order valence-electron chi connectivity index (χ2n) is 4.46. The third-order valence-electron chi connectivity index (χ3n) is 2.95. The summed E-state index contributed by atoms with van der Waals surface area (Å²) in [5, 5.41) is 8.66. The lowest BCUT2D eigenvalue weighted by Crippen LogP contribution is -2.40. The van der Waals surface area contributed by atoms with Gasteiger partial charge in [-0.3, -0.25) is 4.79 Å². The number of rotatable bonds is 3. The third-order valence-corrected chi connectivity index (χ3v) is 2.95. The van der Waals surface area contributed by atoms with Crippen molar-refractivity contribution in [2.45, 2.75) is 13.0 Å². The number of hydrogen-bond acceptors (Lipinski definition) is 3. The molecule has 1 amide bonds. The molecule has 0 aliphatic carbocycles. The fourth-order valence-corrected chi connectivity index (χ4v) is 1.92. The van der Waals surface area contributed by atoms with Crippen molar-refractivity contribution in [3.05, 3.63) is 35.1 Å². The van der Waals surface area contributed by atoms with E-state index in [9.17, 15) is 9.18 Å². The molecule has 2 rings (SSSR count). The zero-order valence-corrected chi connectivity index (χ0v) is 11.1. The molecule has 1 N–H and O–H groups in total. The molecule has 0 atom stereocenters. The Morgan fingerprint density at radius 1 is 1.45 bits per heavy atom. The first kappa shape index (κ1) is 14.5. The SMILES string of the molecule is O=C1COCCN1Cc1ccc(F)c(C#CCCO)c1. The van der Waals surface area contributed by atoms with Gasteiger partial charge in [-0.1, -0.05) is 17.9 Å². The van der Waals surface area contributed by atoms with Gasteiger partial charge in [0.05, 0.1) is 18.8 Å². The summed E-state index contributed by atoms with van der Waals surface area (Å²) in [5.74, 6) is 4.92. The van der Waals surface area contributed by atoms with Crippen LogP contribution in [0.4, 0.5) is 4.39 Å². The van der Waals surface area contributed by atoms with Gasteiger partial charge < -0.3 is 14.7 Å². The molecule has 0 spiro atoms. The predicted octanol–water partition coefficient (Wildman–Crippen LogP) is 0.918. The van der Waals surface area contributed by atoms with Gasteiger partial charge in [0.15, 0.2) is 0 Å². The second-order valence-corrected chi connectivity index (χ2v) is 4.46. The summed E-state index contributed by atoms with van der Waals surface area (Å²) in [5.41, 5.74) is 1.12. The van der Waals surface area contributed by atoms with E-state index in [0.717, 1.165) is 5.56 Å². The van der Waals surface area contributed by atoms with Crippen molar-refractivity contribution in [2.75, 3.05) is 26.4 Å². The quantitative estimate of drug-likeness (QED) is 0.836. The third kappa shape index (κ3) is 3.80. The first-order valence-electron chi connectivity index (χ1n) is 6.44. The molecule has 0 unspecified atom stereocenters. The molecular weight excluding hydrogens is 261 g/mol. The highest BCUT2D eigenvalue weighted by Crippen LogP contribution is 2.13. The van der Waals surface area contributed by atoms with Gasteiger partial charge >= 0.3 is 0 Å². The molecule has 1 aromatic carbocycles. The van der Waals surface area contributed by atoms with Gasteiger partial charge in [-0.2, -0.15) is 0 Å². The topological polar surface area (TPSA) is 49.8 Å². The Balaban J connectivity index is 2.11. The molecule has 1 heterocycles. The standard InChI is InChI=1S/C15H16FNO3/c16-14-5-4-12(9-13(14)3-1-2-7-18)10-17-6-8-20-11-15(17)19/h4-5,9,18H,2,6-8,10-11H2. The zero-order valence-electron chi connectivity index (χ0n) is 11.1. The smallest absolute Gasteiger partial charge is 0.248 e. The summed E-state index contributed by atoms with van der Waals surface area (Å²) in [7, 11) is 0. The summed E-state index contributed by atoms with van der Waals surface area (Å²) in [6, 6.07) is 4.64. The maximum Gasteiger partial charge on any atom is 0.248 e. The molecule has 0 aromatic heterocycles. The van der Waals surface area contributed by atoms with Crippen LogP contribution in [-0.2, 0) is 16.1 Å². The molecule has 0 radical (unpaired) electrons. The van der Waals surface area contributed by atoms with Crippen LogP contribution in [0, 0.1) is 17.7 Å². The van der Waals surface area contributed by atoms with Gasteiger partial charge in [-0.15, -0.1) is 0 Å². The lowest BCUT2D eigenvalue weighted by Gasteiger charge is -2.26. The number of ether oxygens (including phenoxy) is 1. The lowest BCUT2D eigenvalue weighted by molar-refractivity contribution is -0.143. The minimum absolute atomic E-state index is 0.0451. The molecule has 5 heteroatoms. The van der Waals surface area contributed by atoms with E-state index in [1.54, 1.807) is 17.0 Å². The molecule has 0 bridgehead atoms. The highest BCUT2D eigenvalue weighted by molar-refractivity contribution is 5.78. The maximum atomic E-state index is 13.6. The number of carbonyl (C=O) groups is 1. The summed E-state index contributed by atoms with van der Waals surface area (Å²) < 4.78 is 18.6. The Hall–Kier alpha value is -1.90. The van der Waals surface area contributed by atoms with Crippen LogP contribution in [0.5, 0.6) is 0 Å². The lowest BCUT2D eigenvalue weighted by atomic mass is 10.1. The van der Waals surface area contributed by atoms with E-state index >= 15 is 0 Å². The minimum atomic E-state index is -0.396. The number of aliphatic hydroxyl groups excluding tert-OH is 1. The van der Waals surface area contributed by atoms with E-state index < -0.39 is 5.82 Å². The van der Waals surface area contributed by atoms with Crippen molar-refractivity contribution in [2.24, 2.45) is 0 Å². The van der Waals surface area contributed by atoms with Crippen LogP contribution in [-0.4, -0.2) is 42.3 Å². The number of hydrogen-bond donors (Lipinski definition) is 1. The van der Waals surface area contributed by atoms with Crippen LogP contribution < -0.4 is 0 Å². The van der Waals surface area contributed by atoms with Crippen LogP contribution in [0.25, 0.3) is 0 Å².